The summed E-state index contributed by atoms with van der Waals surface area (Å²) >= 11 is 0. The van der Waals surface area contributed by atoms with E-state index >= 15 is 0 Å². The van der Waals surface area contributed by atoms with Gasteiger partial charge >= 0.3 is 0 Å². The van der Waals surface area contributed by atoms with E-state index in [4.69, 9.17) is 9.97 Å². The molecule has 38 heavy (non-hydrogen) atoms. The predicted octanol–water partition coefficient (Wildman–Crippen LogP) is 8.68. The largest absolute Gasteiger partial charge is 0.276 e. The number of rotatable bonds is 3. The summed E-state index contributed by atoms with van der Waals surface area (Å²) in [5, 5.41) is 0. The molecule has 3 heteroatoms. The number of imidazole rings is 1. The molecule has 184 valence electrons. The molecule has 2 heterocycles. The standard InChI is InChI=1S/C35H29N3/c1-22-19-23(2)36-33(20-22)38-32-12-8-7-11-31(32)37-34(38)25-15-13-24(14-16-25)26-17-18-28-27-9-5-6-10-29(27)35(3,4)30(28)21-26/h5-21H,1-4H3. The van der Waals surface area contributed by atoms with Gasteiger partial charge in [0.1, 0.15) is 11.6 Å². The summed E-state index contributed by atoms with van der Waals surface area (Å²) in [5.74, 6) is 1.80. The van der Waals surface area contributed by atoms with Crippen LogP contribution >= 0.6 is 0 Å². The van der Waals surface area contributed by atoms with Crippen LogP contribution in [0.4, 0.5) is 0 Å². The van der Waals surface area contributed by atoms with Crippen LogP contribution in [0.1, 0.15) is 36.2 Å². The van der Waals surface area contributed by atoms with Gasteiger partial charge in [-0.2, -0.15) is 0 Å². The van der Waals surface area contributed by atoms with Crippen molar-refractivity contribution in [1.82, 2.24) is 14.5 Å². The second-order valence-electron chi connectivity index (χ2n) is 10.9. The molecule has 0 unspecified atom stereocenters. The van der Waals surface area contributed by atoms with Crippen molar-refractivity contribution in [3.05, 3.63) is 126 Å². The molecule has 0 spiro atoms. The van der Waals surface area contributed by atoms with E-state index in [9.17, 15) is 0 Å². The lowest BCUT2D eigenvalue weighted by Crippen LogP contribution is -2.14. The van der Waals surface area contributed by atoms with E-state index in [1.807, 2.05) is 13.0 Å². The molecule has 6 aromatic rings. The molecule has 1 aliphatic rings. The van der Waals surface area contributed by atoms with E-state index in [0.717, 1.165) is 33.9 Å². The third-order valence-corrected chi connectivity index (χ3v) is 7.93. The molecule has 0 saturated heterocycles. The van der Waals surface area contributed by atoms with Crippen molar-refractivity contribution in [2.45, 2.75) is 33.1 Å². The molecular formula is C35H29N3. The molecule has 2 aromatic heterocycles. The summed E-state index contributed by atoms with van der Waals surface area (Å²) in [5.41, 5.74) is 13.2. The highest BCUT2D eigenvalue weighted by Gasteiger charge is 2.35. The van der Waals surface area contributed by atoms with Crippen LogP contribution in [0.15, 0.2) is 103 Å². The number of aromatic nitrogens is 3. The number of hydrogen-bond donors (Lipinski definition) is 0. The molecule has 0 fully saturated rings. The Balaban J connectivity index is 1.32. The summed E-state index contributed by atoms with van der Waals surface area (Å²) in [7, 11) is 0. The molecule has 0 radical (unpaired) electrons. The van der Waals surface area contributed by atoms with Crippen LogP contribution in [0.5, 0.6) is 0 Å². The number of aryl methyl sites for hydroxylation is 2. The van der Waals surface area contributed by atoms with Crippen molar-refractivity contribution >= 4 is 11.0 Å². The Morgan fingerprint density at radius 2 is 1.29 bits per heavy atom. The Morgan fingerprint density at radius 3 is 2.11 bits per heavy atom. The highest BCUT2D eigenvalue weighted by atomic mass is 15.1. The Kier molecular flexibility index (Phi) is 4.93. The summed E-state index contributed by atoms with van der Waals surface area (Å²) in [6.07, 6.45) is 0. The third kappa shape index (κ3) is 3.42. The summed E-state index contributed by atoms with van der Waals surface area (Å²) in [6, 6.07) is 37.0. The second-order valence-corrected chi connectivity index (χ2v) is 10.9. The zero-order chi connectivity index (χ0) is 26.0. The fourth-order valence-electron chi connectivity index (χ4n) is 6.08. The number of hydrogen-bond acceptors (Lipinski definition) is 2. The number of benzene rings is 4. The number of pyridine rings is 1. The Bertz CT molecular complexity index is 1840. The first kappa shape index (κ1) is 22.7. The quantitative estimate of drug-likeness (QED) is 0.248. The molecule has 0 amide bonds. The van der Waals surface area contributed by atoms with E-state index in [0.29, 0.717) is 0 Å². The Hall–Kier alpha value is -4.50. The maximum Gasteiger partial charge on any atom is 0.146 e. The highest BCUT2D eigenvalue weighted by molar-refractivity contribution is 5.85. The fraction of sp³-hybridized carbons (Fsp3) is 0.143. The second kappa shape index (κ2) is 8.26. The molecule has 3 nitrogen and oxygen atoms in total. The first-order valence-corrected chi connectivity index (χ1v) is 13.2. The minimum atomic E-state index is -0.00825. The van der Waals surface area contributed by atoms with Gasteiger partial charge in [-0.05, 0) is 83.1 Å². The molecule has 1 aliphatic carbocycles. The minimum absolute atomic E-state index is 0.00825. The van der Waals surface area contributed by atoms with Crippen molar-refractivity contribution in [3.8, 4) is 39.5 Å². The van der Waals surface area contributed by atoms with Gasteiger partial charge in [0.2, 0.25) is 0 Å². The fourth-order valence-corrected chi connectivity index (χ4v) is 6.08. The lowest BCUT2D eigenvalue weighted by Gasteiger charge is -2.22. The Morgan fingerprint density at radius 1 is 0.605 bits per heavy atom. The van der Waals surface area contributed by atoms with Gasteiger partial charge in [0.15, 0.2) is 0 Å². The van der Waals surface area contributed by atoms with E-state index < -0.39 is 0 Å². The number of nitrogens with zero attached hydrogens (tertiary/aromatic N) is 3. The van der Waals surface area contributed by atoms with Crippen LogP contribution < -0.4 is 0 Å². The zero-order valence-electron chi connectivity index (χ0n) is 22.2. The van der Waals surface area contributed by atoms with E-state index in [1.54, 1.807) is 0 Å². The van der Waals surface area contributed by atoms with Crippen LogP contribution in [0, 0.1) is 13.8 Å². The van der Waals surface area contributed by atoms with E-state index in [2.05, 4.69) is 122 Å². The smallest absolute Gasteiger partial charge is 0.146 e. The minimum Gasteiger partial charge on any atom is -0.276 e. The van der Waals surface area contributed by atoms with Crippen LogP contribution in [0.2, 0.25) is 0 Å². The van der Waals surface area contributed by atoms with Gasteiger partial charge in [-0.1, -0.05) is 86.6 Å². The molecule has 0 N–H and O–H groups in total. The van der Waals surface area contributed by atoms with E-state index in [-0.39, 0.29) is 5.41 Å². The molecule has 7 rings (SSSR count). The van der Waals surface area contributed by atoms with Gasteiger partial charge in [-0.3, -0.25) is 4.57 Å². The average Bonchev–Trinajstić information content (AvgIpc) is 3.42. The van der Waals surface area contributed by atoms with Crippen LogP contribution in [-0.2, 0) is 5.41 Å². The normalized spacial score (nSPS) is 13.5. The molecule has 0 aliphatic heterocycles. The Labute approximate surface area is 223 Å². The summed E-state index contributed by atoms with van der Waals surface area (Å²) < 4.78 is 2.18. The van der Waals surface area contributed by atoms with Gasteiger partial charge in [-0.15, -0.1) is 0 Å². The maximum atomic E-state index is 5.03. The zero-order valence-corrected chi connectivity index (χ0v) is 22.2. The molecular weight excluding hydrogens is 462 g/mol. The third-order valence-electron chi connectivity index (χ3n) is 7.93. The van der Waals surface area contributed by atoms with Crippen molar-refractivity contribution < 1.29 is 0 Å². The lowest BCUT2D eigenvalue weighted by molar-refractivity contribution is 0.660. The van der Waals surface area contributed by atoms with Gasteiger partial charge in [0.25, 0.3) is 0 Å². The van der Waals surface area contributed by atoms with Gasteiger partial charge in [0.05, 0.1) is 11.0 Å². The van der Waals surface area contributed by atoms with Crippen LogP contribution in [-0.4, -0.2) is 14.5 Å². The topological polar surface area (TPSA) is 30.7 Å². The lowest BCUT2D eigenvalue weighted by atomic mass is 9.81. The molecule has 0 saturated carbocycles. The molecule has 4 aromatic carbocycles. The number of para-hydroxylation sites is 2. The maximum absolute atomic E-state index is 5.03. The van der Waals surface area contributed by atoms with Gasteiger partial charge in [-0.25, -0.2) is 9.97 Å². The molecule has 0 atom stereocenters. The van der Waals surface area contributed by atoms with Gasteiger partial charge in [0, 0.05) is 16.7 Å². The number of fused-ring (bicyclic) bond motifs is 4. The van der Waals surface area contributed by atoms with Crippen LogP contribution in [0.3, 0.4) is 0 Å². The summed E-state index contributed by atoms with van der Waals surface area (Å²) in [4.78, 5) is 9.90. The van der Waals surface area contributed by atoms with E-state index in [1.165, 1.54) is 38.9 Å². The van der Waals surface area contributed by atoms with Gasteiger partial charge < -0.3 is 0 Å². The van der Waals surface area contributed by atoms with Crippen molar-refractivity contribution in [3.63, 3.8) is 0 Å². The highest BCUT2D eigenvalue weighted by Crippen LogP contribution is 2.49. The summed E-state index contributed by atoms with van der Waals surface area (Å²) in [6.45, 7) is 8.81. The van der Waals surface area contributed by atoms with Crippen molar-refractivity contribution in [2.24, 2.45) is 0 Å². The average molecular weight is 492 g/mol. The first-order chi connectivity index (χ1) is 18.4. The molecule has 0 bridgehead atoms. The SMILES string of the molecule is Cc1cc(C)nc(-n2c(-c3ccc(-c4ccc5c(c4)C(C)(C)c4ccccc4-5)cc3)nc3ccccc32)c1. The first-order valence-electron chi connectivity index (χ1n) is 13.2. The van der Waals surface area contributed by atoms with Crippen molar-refractivity contribution in [2.75, 3.05) is 0 Å². The predicted molar refractivity (Wildman–Crippen MR) is 157 cm³/mol. The monoisotopic (exact) mass is 491 g/mol. The van der Waals surface area contributed by atoms with Crippen LogP contribution in [0.25, 0.3) is 50.5 Å². The van der Waals surface area contributed by atoms with Crippen molar-refractivity contribution in [1.29, 1.82) is 0 Å².